The fraction of sp³-hybridized carbons (Fsp3) is 0.529. The number of nitrogens with one attached hydrogen (secondary N) is 2. The standard InChI is InChI=1S/C16H25N3O3.CH4O3S/c1-12(11-13-7-3-2-4-8-13)18-15(20)14(19-16(21)22)9-5-6-10-17;1-5(2,3)4/h2-4,7-8,12,14,19H,5-6,9-11,17H2,1H3,(H,18,20)(H,21,22);1H3,(H,2,3,4)/t12-,14-;/m0./s1. The topological polar surface area (TPSA) is 159 Å². The number of hydrogen-bond donors (Lipinski definition) is 5. The normalized spacial score (nSPS) is 12.9. The second-order valence-electron chi connectivity index (χ2n) is 6.12. The highest BCUT2D eigenvalue weighted by Gasteiger charge is 2.21. The van der Waals surface area contributed by atoms with Crippen LogP contribution in [0.25, 0.3) is 0 Å². The average Bonchev–Trinajstić information content (AvgIpc) is 2.53. The summed E-state index contributed by atoms with van der Waals surface area (Å²) >= 11 is 0. The molecule has 6 N–H and O–H groups in total. The van der Waals surface area contributed by atoms with E-state index in [1.807, 2.05) is 37.3 Å². The highest BCUT2D eigenvalue weighted by Crippen LogP contribution is 2.05. The average molecular weight is 404 g/mol. The highest BCUT2D eigenvalue weighted by atomic mass is 32.2. The maximum atomic E-state index is 12.2. The van der Waals surface area contributed by atoms with Crippen molar-refractivity contribution in [1.29, 1.82) is 0 Å². The van der Waals surface area contributed by atoms with Gasteiger partial charge >= 0.3 is 6.09 Å². The summed E-state index contributed by atoms with van der Waals surface area (Å²) in [6.45, 7) is 2.44. The summed E-state index contributed by atoms with van der Waals surface area (Å²) < 4.78 is 25.9. The number of carbonyl (C=O) groups excluding carboxylic acids is 1. The van der Waals surface area contributed by atoms with Crippen molar-refractivity contribution in [2.24, 2.45) is 5.73 Å². The second-order valence-corrected chi connectivity index (χ2v) is 7.58. The monoisotopic (exact) mass is 403 g/mol. The van der Waals surface area contributed by atoms with E-state index in [0.29, 0.717) is 32.1 Å². The van der Waals surface area contributed by atoms with E-state index < -0.39 is 22.3 Å². The van der Waals surface area contributed by atoms with Crippen molar-refractivity contribution < 1.29 is 27.7 Å². The first-order valence-electron chi connectivity index (χ1n) is 8.49. The number of carbonyl (C=O) groups is 2. The molecule has 0 spiro atoms. The van der Waals surface area contributed by atoms with Gasteiger partial charge in [-0.05, 0) is 44.7 Å². The largest absolute Gasteiger partial charge is 0.465 e. The zero-order valence-electron chi connectivity index (χ0n) is 15.6. The number of carboxylic acid groups (broad SMARTS) is 1. The van der Waals surface area contributed by atoms with Gasteiger partial charge in [-0.25, -0.2) is 4.79 Å². The van der Waals surface area contributed by atoms with E-state index in [0.717, 1.165) is 12.0 Å². The molecular weight excluding hydrogens is 374 g/mol. The molecule has 0 saturated heterocycles. The first-order valence-corrected chi connectivity index (χ1v) is 10.3. The van der Waals surface area contributed by atoms with Gasteiger partial charge in [0.15, 0.2) is 0 Å². The molecule has 0 aliphatic carbocycles. The van der Waals surface area contributed by atoms with Gasteiger partial charge in [0.1, 0.15) is 6.04 Å². The van der Waals surface area contributed by atoms with E-state index in [2.05, 4.69) is 10.6 Å². The number of unbranched alkanes of at least 4 members (excludes halogenated alkanes) is 1. The van der Waals surface area contributed by atoms with Crippen LogP contribution in [0.1, 0.15) is 31.7 Å². The Morgan fingerprint density at radius 1 is 1.15 bits per heavy atom. The van der Waals surface area contributed by atoms with Crippen LogP contribution in [0.15, 0.2) is 30.3 Å². The molecule has 0 unspecified atom stereocenters. The number of amides is 2. The Balaban J connectivity index is 0.00000119. The van der Waals surface area contributed by atoms with Crippen LogP contribution in [0, 0.1) is 0 Å². The minimum Gasteiger partial charge on any atom is -0.465 e. The van der Waals surface area contributed by atoms with E-state index in [-0.39, 0.29) is 11.9 Å². The third kappa shape index (κ3) is 15.8. The molecule has 0 heterocycles. The van der Waals surface area contributed by atoms with Gasteiger partial charge in [0, 0.05) is 6.04 Å². The lowest BCUT2D eigenvalue weighted by atomic mass is 10.1. The fourth-order valence-electron chi connectivity index (χ4n) is 2.27. The quantitative estimate of drug-likeness (QED) is 0.304. The van der Waals surface area contributed by atoms with Crippen LogP contribution in [0.3, 0.4) is 0 Å². The molecule has 0 aliphatic heterocycles. The van der Waals surface area contributed by atoms with Crippen molar-refractivity contribution in [3.8, 4) is 0 Å². The van der Waals surface area contributed by atoms with E-state index in [1.54, 1.807) is 0 Å². The van der Waals surface area contributed by atoms with Gasteiger partial charge in [-0.15, -0.1) is 0 Å². The van der Waals surface area contributed by atoms with Gasteiger partial charge in [-0.2, -0.15) is 8.42 Å². The van der Waals surface area contributed by atoms with Crippen LogP contribution in [-0.4, -0.2) is 55.0 Å². The number of hydrogen-bond acceptors (Lipinski definition) is 5. The van der Waals surface area contributed by atoms with Crippen LogP contribution in [0.4, 0.5) is 4.79 Å². The first kappa shape index (κ1) is 24.8. The van der Waals surface area contributed by atoms with Crippen molar-refractivity contribution >= 4 is 22.1 Å². The Morgan fingerprint density at radius 2 is 1.70 bits per heavy atom. The summed E-state index contributed by atoms with van der Waals surface area (Å²) in [5.74, 6) is -0.289. The Labute approximate surface area is 160 Å². The predicted octanol–water partition coefficient (Wildman–Crippen LogP) is 1.00. The van der Waals surface area contributed by atoms with Crippen LogP contribution >= 0.6 is 0 Å². The molecule has 27 heavy (non-hydrogen) atoms. The smallest absolute Gasteiger partial charge is 0.405 e. The van der Waals surface area contributed by atoms with Crippen LogP contribution in [0.5, 0.6) is 0 Å². The maximum absolute atomic E-state index is 12.2. The summed E-state index contributed by atoms with van der Waals surface area (Å²) in [4.78, 5) is 23.0. The Kier molecular flexibility index (Phi) is 12.0. The number of benzene rings is 1. The van der Waals surface area contributed by atoms with Crippen LogP contribution in [-0.2, 0) is 21.3 Å². The molecule has 2 amide bonds. The Morgan fingerprint density at radius 3 is 2.19 bits per heavy atom. The van der Waals surface area contributed by atoms with Crippen LogP contribution < -0.4 is 16.4 Å². The van der Waals surface area contributed by atoms with Gasteiger partial charge in [0.05, 0.1) is 6.26 Å². The molecule has 9 nitrogen and oxygen atoms in total. The molecule has 0 aliphatic rings. The molecule has 0 bridgehead atoms. The Hall–Kier alpha value is -2.17. The molecule has 1 aromatic carbocycles. The lowest BCUT2D eigenvalue weighted by molar-refractivity contribution is -0.123. The summed E-state index contributed by atoms with van der Waals surface area (Å²) in [6, 6.07) is 9.03. The van der Waals surface area contributed by atoms with Gasteiger partial charge in [0.25, 0.3) is 10.1 Å². The van der Waals surface area contributed by atoms with Crippen molar-refractivity contribution in [2.75, 3.05) is 12.8 Å². The van der Waals surface area contributed by atoms with E-state index >= 15 is 0 Å². The summed E-state index contributed by atoms with van der Waals surface area (Å²) in [6.07, 6.45) is 2.16. The zero-order valence-corrected chi connectivity index (χ0v) is 16.4. The summed E-state index contributed by atoms with van der Waals surface area (Å²) in [7, 11) is -3.67. The second kappa shape index (κ2) is 13.1. The summed E-state index contributed by atoms with van der Waals surface area (Å²) in [5.41, 5.74) is 6.55. The zero-order chi connectivity index (χ0) is 20.9. The molecule has 0 radical (unpaired) electrons. The predicted molar refractivity (Wildman–Crippen MR) is 103 cm³/mol. The third-order valence-electron chi connectivity index (χ3n) is 3.33. The minimum absolute atomic E-state index is 0.0671. The minimum atomic E-state index is -3.67. The lowest BCUT2D eigenvalue weighted by Crippen LogP contribution is -2.49. The number of rotatable bonds is 9. The van der Waals surface area contributed by atoms with Crippen LogP contribution in [0.2, 0.25) is 0 Å². The molecule has 10 heteroatoms. The maximum Gasteiger partial charge on any atom is 0.405 e. The fourth-order valence-corrected chi connectivity index (χ4v) is 2.27. The molecular formula is C17H29N3O6S. The van der Waals surface area contributed by atoms with E-state index in [9.17, 15) is 18.0 Å². The van der Waals surface area contributed by atoms with Crippen molar-refractivity contribution in [2.45, 2.75) is 44.7 Å². The van der Waals surface area contributed by atoms with Gasteiger partial charge < -0.3 is 21.5 Å². The highest BCUT2D eigenvalue weighted by molar-refractivity contribution is 7.85. The Bertz CT molecular complexity index is 659. The SMILES string of the molecule is CS(=O)(=O)O.C[C@@H](Cc1ccccc1)NC(=O)[C@H](CCCCN)NC(=O)O. The third-order valence-corrected chi connectivity index (χ3v) is 3.33. The van der Waals surface area contributed by atoms with Gasteiger partial charge in [-0.1, -0.05) is 30.3 Å². The lowest BCUT2D eigenvalue weighted by Gasteiger charge is -2.20. The molecule has 0 saturated carbocycles. The molecule has 1 aromatic rings. The van der Waals surface area contributed by atoms with Crippen molar-refractivity contribution in [3.05, 3.63) is 35.9 Å². The molecule has 154 valence electrons. The van der Waals surface area contributed by atoms with Gasteiger partial charge in [-0.3, -0.25) is 9.35 Å². The summed E-state index contributed by atoms with van der Waals surface area (Å²) in [5, 5.41) is 14.0. The molecule has 0 fully saturated rings. The molecule has 2 atom stereocenters. The van der Waals surface area contributed by atoms with Crippen molar-refractivity contribution in [1.82, 2.24) is 10.6 Å². The molecule has 1 rings (SSSR count). The number of nitrogens with two attached hydrogens (primary N) is 1. The van der Waals surface area contributed by atoms with Gasteiger partial charge in [0.2, 0.25) is 5.91 Å². The van der Waals surface area contributed by atoms with E-state index in [1.165, 1.54) is 0 Å². The van der Waals surface area contributed by atoms with Crippen molar-refractivity contribution in [3.63, 3.8) is 0 Å². The molecule has 0 aromatic heterocycles. The van der Waals surface area contributed by atoms with E-state index in [4.69, 9.17) is 15.4 Å². The first-order chi connectivity index (χ1) is 12.5.